The predicted octanol–water partition coefficient (Wildman–Crippen LogP) is 2.02. The molecule has 0 aliphatic rings. The smallest absolute Gasteiger partial charge is 0.225 e. The molecule has 0 amide bonds. The zero-order chi connectivity index (χ0) is 13.8. The number of aryl methyl sites for hydroxylation is 1. The second-order valence-corrected chi connectivity index (χ2v) is 4.49. The van der Waals surface area contributed by atoms with E-state index in [0.717, 1.165) is 17.0 Å². The van der Waals surface area contributed by atoms with Gasteiger partial charge in [-0.15, -0.1) is 0 Å². The minimum Gasteiger partial charge on any atom is -0.340 e. The highest BCUT2D eigenvalue weighted by Gasteiger charge is 2.07. The number of halogens is 1. The Kier molecular flexibility index (Phi) is 4.06. The fraction of sp³-hybridized carbons (Fsp3) is 0.286. The van der Waals surface area contributed by atoms with Crippen LogP contribution in [0.4, 0.5) is 10.3 Å². The van der Waals surface area contributed by atoms with Gasteiger partial charge < -0.3 is 10.6 Å². The minimum atomic E-state index is -0.233. The van der Waals surface area contributed by atoms with Crippen LogP contribution < -0.4 is 10.6 Å². The fourth-order valence-corrected chi connectivity index (χ4v) is 1.83. The average Bonchev–Trinajstić information content (AvgIpc) is 2.40. The lowest BCUT2D eigenvalue weighted by Gasteiger charge is -2.18. The fourth-order valence-electron chi connectivity index (χ4n) is 1.83. The van der Waals surface area contributed by atoms with Crippen molar-refractivity contribution in [2.24, 2.45) is 5.73 Å². The first kappa shape index (κ1) is 13.4. The number of anilines is 1. The van der Waals surface area contributed by atoms with Crippen LogP contribution in [0.15, 0.2) is 30.3 Å². The van der Waals surface area contributed by atoms with E-state index in [1.54, 1.807) is 12.1 Å². The van der Waals surface area contributed by atoms with Gasteiger partial charge in [0.05, 0.1) is 5.69 Å². The average molecular weight is 260 g/mol. The van der Waals surface area contributed by atoms with Crippen LogP contribution in [-0.4, -0.2) is 17.0 Å². The van der Waals surface area contributed by atoms with Gasteiger partial charge in [0.2, 0.25) is 5.95 Å². The molecule has 0 saturated carbocycles. The number of nitrogens with two attached hydrogens (primary N) is 1. The van der Waals surface area contributed by atoms with E-state index in [1.807, 2.05) is 24.9 Å². The summed E-state index contributed by atoms with van der Waals surface area (Å²) in [6.07, 6.45) is 0. The molecule has 0 saturated heterocycles. The van der Waals surface area contributed by atoms with Crippen LogP contribution in [0.25, 0.3) is 0 Å². The van der Waals surface area contributed by atoms with Crippen molar-refractivity contribution in [3.05, 3.63) is 53.1 Å². The highest BCUT2D eigenvalue weighted by molar-refractivity contribution is 5.33. The van der Waals surface area contributed by atoms with Gasteiger partial charge in [-0.05, 0) is 30.7 Å². The molecular weight excluding hydrogens is 243 g/mol. The van der Waals surface area contributed by atoms with Crippen LogP contribution in [-0.2, 0) is 13.1 Å². The third kappa shape index (κ3) is 3.48. The van der Waals surface area contributed by atoms with Gasteiger partial charge in [-0.3, -0.25) is 0 Å². The molecule has 5 heteroatoms. The van der Waals surface area contributed by atoms with Gasteiger partial charge in [-0.1, -0.05) is 12.1 Å². The summed E-state index contributed by atoms with van der Waals surface area (Å²) in [6.45, 7) is 2.92. The molecule has 2 aromatic rings. The number of rotatable bonds is 4. The number of nitrogens with zero attached hydrogens (tertiary/aromatic N) is 3. The van der Waals surface area contributed by atoms with Gasteiger partial charge in [-0.25, -0.2) is 14.4 Å². The molecule has 0 fully saturated rings. The summed E-state index contributed by atoms with van der Waals surface area (Å²) in [4.78, 5) is 10.7. The van der Waals surface area contributed by atoms with Crippen LogP contribution in [0.2, 0.25) is 0 Å². The summed E-state index contributed by atoms with van der Waals surface area (Å²) >= 11 is 0. The van der Waals surface area contributed by atoms with E-state index in [4.69, 9.17) is 5.73 Å². The third-order valence-electron chi connectivity index (χ3n) is 2.78. The van der Waals surface area contributed by atoms with Crippen molar-refractivity contribution in [3.63, 3.8) is 0 Å². The zero-order valence-corrected chi connectivity index (χ0v) is 11.1. The maximum atomic E-state index is 12.8. The molecule has 1 aromatic heterocycles. The van der Waals surface area contributed by atoms with Crippen molar-refractivity contribution < 1.29 is 4.39 Å². The lowest BCUT2D eigenvalue weighted by molar-refractivity contribution is 0.627. The molecule has 2 rings (SSSR count). The Morgan fingerprint density at radius 2 is 1.89 bits per heavy atom. The van der Waals surface area contributed by atoms with E-state index in [-0.39, 0.29) is 5.82 Å². The van der Waals surface area contributed by atoms with Gasteiger partial charge in [0.15, 0.2) is 0 Å². The topological polar surface area (TPSA) is 55.0 Å². The summed E-state index contributed by atoms with van der Waals surface area (Å²) in [6, 6.07) is 8.28. The third-order valence-corrected chi connectivity index (χ3v) is 2.78. The number of aromatic nitrogens is 2. The van der Waals surface area contributed by atoms with Crippen LogP contribution in [0.5, 0.6) is 0 Å². The molecule has 1 aromatic carbocycles. The highest BCUT2D eigenvalue weighted by Crippen LogP contribution is 2.12. The second kappa shape index (κ2) is 5.75. The molecular formula is C14H17FN4. The molecule has 0 aliphatic carbocycles. The summed E-state index contributed by atoms with van der Waals surface area (Å²) in [7, 11) is 1.90. The van der Waals surface area contributed by atoms with E-state index in [9.17, 15) is 4.39 Å². The molecule has 0 bridgehead atoms. The van der Waals surface area contributed by atoms with Crippen molar-refractivity contribution in [2.45, 2.75) is 20.0 Å². The van der Waals surface area contributed by atoms with Gasteiger partial charge in [0.1, 0.15) is 5.82 Å². The first-order valence-corrected chi connectivity index (χ1v) is 6.08. The quantitative estimate of drug-likeness (QED) is 0.913. The molecule has 2 N–H and O–H groups in total. The first-order valence-electron chi connectivity index (χ1n) is 6.08. The highest BCUT2D eigenvalue weighted by atomic mass is 19.1. The Labute approximate surface area is 112 Å². The van der Waals surface area contributed by atoms with Crippen molar-refractivity contribution >= 4 is 5.95 Å². The normalized spacial score (nSPS) is 10.5. The maximum Gasteiger partial charge on any atom is 0.225 e. The number of benzene rings is 1. The van der Waals surface area contributed by atoms with Crippen molar-refractivity contribution in [2.75, 3.05) is 11.9 Å². The molecule has 0 radical (unpaired) electrons. The second-order valence-electron chi connectivity index (χ2n) is 4.49. The maximum absolute atomic E-state index is 12.8. The van der Waals surface area contributed by atoms with Crippen molar-refractivity contribution in [1.29, 1.82) is 0 Å². The van der Waals surface area contributed by atoms with Gasteiger partial charge in [0, 0.05) is 25.8 Å². The minimum absolute atomic E-state index is 0.233. The monoisotopic (exact) mass is 260 g/mol. The summed E-state index contributed by atoms with van der Waals surface area (Å²) in [5.74, 6) is 0.397. The molecule has 0 unspecified atom stereocenters. The van der Waals surface area contributed by atoms with Crippen LogP contribution in [0.1, 0.15) is 17.0 Å². The lowest BCUT2D eigenvalue weighted by atomic mass is 10.2. The Morgan fingerprint density at radius 3 is 2.53 bits per heavy atom. The molecule has 0 atom stereocenters. The van der Waals surface area contributed by atoms with E-state index in [2.05, 4.69) is 9.97 Å². The summed E-state index contributed by atoms with van der Waals surface area (Å²) in [5, 5.41) is 0. The lowest BCUT2D eigenvalue weighted by Crippen LogP contribution is -2.20. The van der Waals surface area contributed by atoms with Gasteiger partial charge >= 0.3 is 0 Å². The largest absolute Gasteiger partial charge is 0.340 e. The standard InChI is InChI=1S/C14H17FN4/c1-10-7-13(8-16)18-14(17-10)19(2)9-11-3-5-12(15)6-4-11/h3-7H,8-9,16H2,1-2H3. The zero-order valence-electron chi connectivity index (χ0n) is 11.1. The van der Waals surface area contributed by atoms with Gasteiger partial charge in [-0.2, -0.15) is 0 Å². The number of hydrogen-bond acceptors (Lipinski definition) is 4. The van der Waals surface area contributed by atoms with Crippen LogP contribution >= 0.6 is 0 Å². The van der Waals surface area contributed by atoms with E-state index in [0.29, 0.717) is 19.0 Å². The number of hydrogen-bond donors (Lipinski definition) is 1. The van der Waals surface area contributed by atoms with E-state index in [1.165, 1.54) is 12.1 Å². The van der Waals surface area contributed by atoms with Gasteiger partial charge in [0.25, 0.3) is 0 Å². The Balaban J connectivity index is 2.17. The van der Waals surface area contributed by atoms with E-state index < -0.39 is 0 Å². The molecule has 0 spiro atoms. The van der Waals surface area contributed by atoms with Crippen molar-refractivity contribution in [1.82, 2.24) is 9.97 Å². The summed E-state index contributed by atoms with van der Waals surface area (Å²) in [5.41, 5.74) is 8.31. The Hall–Kier alpha value is -2.01. The Morgan fingerprint density at radius 1 is 1.21 bits per heavy atom. The molecule has 1 heterocycles. The van der Waals surface area contributed by atoms with E-state index >= 15 is 0 Å². The predicted molar refractivity (Wildman–Crippen MR) is 73.2 cm³/mol. The molecule has 19 heavy (non-hydrogen) atoms. The Bertz CT molecular complexity index is 554. The SMILES string of the molecule is Cc1cc(CN)nc(N(C)Cc2ccc(F)cc2)n1. The first-order chi connectivity index (χ1) is 9.08. The summed E-state index contributed by atoms with van der Waals surface area (Å²) < 4.78 is 12.8. The van der Waals surface area contributed by atoms with Crippen LogP contribution in [0.3, 0.4) is 0 Å². The molecule has 100 valence electrons. The van der Waals surface area contributed by atoms with Crippen LogP contribution in [0, 0.1) is 12.7 Å². The van der Waals surface area contributed by atoms with Crippen molar-refractivity contribution in [3.8, 4) is 0 Å². The molecule has 0 aliphatic heterocycles. The molecule has 4 nitrogen and oxygen atoms in total.